The highest BCUT2D eigenvalue weighted by Crippen LogP contribution is 2.33. The van der Waals surface area contributed by atoms with Crippen LogP contribution in [-0.4, -0.2) is 45.9 Å². The van der Waals surface area contributed by atoms with Gasteiger partial charge in [-0.15, -0.1) is 11.3 Å². The zero-order chi connectivity index (χ0) is 21.2. The standard InChI is InChI=1S/C24H30N4O2S/c1-17(23(29)28(24-25-13-15-31-24)19-9-3-2-4-10-19)27-14-7-8-18(16-27)22-26-20-11-5-6-12-21(20)30-22/h5-6,11-13,15,17-19H,2-4,7-10,14,16H2,1H3. The van der Waals surface area contributed by atoms with Crippen molar-refractivity contribution in [3.8, 4) is 0 Å². The van der Waals surface area contributed by atoms with E-state index in [0.717, 1.165) is 60.9 Å². The van der Waals surface area contributed by atoms with Crippen LogP contribution in [-0.2, 0) is 4.79 Å². The lowest BCUT2D eigenvalue weighted by atomic mass is 9.93. The Morgan fingerprint density at radius 2 is 2.03 bits per heavy atom. The van der Waals surface area contributed by atoms with Crippen molar-refractivity contribution < 1.29 is 9.21 Å². The molecule has 1 saturated heterocycles. The maximum Gasteiger partial charge on any atom is 0.246 e. The number of aromatic nitrogens is 2. The minimum absolute atomic E-state index is 0.181. The zero-order valence-corrected chi connectivity index (χ0v) is 18.9. The van der Waals surface area contributed by atoms with Crippen LogP contribution in [0.3, 0.4) is 0 Å². The van der Waals surface area contributed by atoms with Gasteiger partial charge in [-0.3, -0.25) is 14.6 Å². The van der Waals surface area contributed by atoms with Gasteiger partial charge in [0.15, 0.2) is 16.6 Å². The molecule has 3 aromatic rings. The monoisotopic (exact) mass is 438 g/mol. The molecule has 2 atom stereocenters. The van der Waals surface area contributed by atoms with Crippen LogP contribution in [0.15, 0.2) is 40.3 Å². The summed E-state index contributed by atoms with van der Waals surface area (Å²) in [6.07, 6.45) is 9.69. The van der Waals surface area contributed by atoms with Crippen molar-refractivity contribution in [3.63, 3.8) is 0 Å². The molecule has 5 rings (SSSR count). The molecule has 2 unspecified atom stereocenters. The predicted octanol–water partition coefficient (Wildman–Crippen LogP) is 5.22. The first-order valence-electron chi connectivity index (χ1n) is 11.5. The van der Waals surface area contributed by atoms with Gasteiger partial charge in [0.05, 0.1) is 6.04 Å². The van der Waals surface area contributed by atoms with E-state index in [2.05, 4.69) is 16.8 Å². The number of thiazole rings is 1. The number of piperidine rings is 1. The van der Waals surface area contributed by atoms with Crippen LogP contribution in [0.25, 0.3) is 11.1 Å². The van der Waals surface area contributed by atoms with Crippen LogP contribution >= 0.6 is 11.3 Å². The zero-order valence-electron chi connectivity index (χ0n) is 18.1. The Morgan fingerprint density at radius 1 is 1.19 bits per heavy atom. The first-order valence-corrected chi connectivity index (χ1v) is 12.4. The number of benzene rings is 1. The molecule has 0 N–H and O–H groups in total. The van der Waals surface area contributed by atoms with Crippen molar-refractivity contribution in [2.24, 2.45) is 0 Å². The lowest BCUT2D eigenvalue weighted by Crippen LogP contribution is -2.53. The maximum atomic E-state index is 13.7. The lowest BCUT2D eigenvalue weighted by Gasteiger charge is -2.39. The fourth-order valence-corrected chi connectivity index (χ4v) is 5.80. The molecule has 6 nitrogen and oxygen atoms in total. The van der Waals surface area contributed by atoms with Gasteiger partial charge in [-0.1, -0.05) is 31.4 Å². The summed E-state index contributed by atoms with van der Waals surface area (Å²) < 4.78 is 6.06. The van der Waals surface area contributed by atoms with E-state index in [1.807, 2.05) is 34.5 Å². The van der Waals surface area contributed by atoms with Crippen molar-refractivity contribution in [1.29, 1.82) is 0 Å². The van der Waals surface area contributed by atoms with Gasteiger partial charge in [0.1, 0.15) is 5.52 Å². The number of hydrogen-bond acceptors (Lipinski definition) is 6. The number of amides is 1. The molecule has 1 saturated carbocycles. The third-order valence-electron chi connectivity index (χ3n) is 6.82. The highest BCUT2D eigenvalue weighted by atomic mass is 32.1. The average Bonchev–Trinajstić information content (AvgIpc) is 3.50. The van der Waals surface area contributed by atoms with E-state index < -0.39 is 0 Å². The molecule has 2 aliphatic rings. The van der Waals surface area contributed by atoms with Crippen molar-refractivity contribution in [2.75, 3.05) is 18.0 Å². The number of carbonyl (C=O) groups is 1. The van der Waals surface area contributed by atoms with E-state index >= 15 is 0 Å². The Labute approximate surface area is 187 Å². The number of nitrogens with zero attached hydrogens (tertiary/aromatic N) is 4. The van der Waals surface area contributed by atoms with E-state index in [1.165, 1.54) is 19.3 Å². The highest BCUT2D eigenvalue weighted by Gasteiger charge is 2.36. The second-order valence-electron chi connectivity index (χ2n) is 8.84. The maximum absolute atomic E-state index is 13.7. The van der Waals surface area contributed by atoms with Crippen molar-refractivity contribution >= 4 is 33.5 Å². The molecule has 0 spiro atoms. The second-order valence-corrected chi connectivity index (χ2v) is 9.72. The SMILES string of the molecule is CC(C(=O)N(c1nccs1)C1CCCCC1)N1CCCC(c2nc3ccccc3o2)C1. The van der Waals surface area contributed by atoms with E-state index in [1.54, 1.807) is 17.5 Å². The van der Waals surface area contributed by atoms with Gasteiger partial charge in [-0.2, -0.15) is 0 Å². The molecule has 2 aromatic heterocycles. The lowest BCUT2D eigenvalue weighted by molar-refractivity contribution is -0.124. The normalized spacial score (nSPS) is 21.9. The molecule has 1 aliphatic carbocycles. The fourth-order valence-electron chi connectivity index (χ4n) is 5.09. The van der Waals surface area contributed by atoms with Gasteiger partial charge in [0, 0.05) is 30.1 Å². The smallest absolute Gasteiger partial charge is 0.246 e. The molecule has 7 heteroatoms. The minimum atomic E-state index is -0.182. The largest absolute Gasteiger partial charge is 0.440 e. The summed E-state index contributed by atoms with van der Waals surface area (Å²) >= 11 is 1.57. The average molecular weight is 439 g/mol. The third kappa shape index (κ3) is 4.26. The van der Waals surface area contributed by atoms with Gasteiger partial charge in [0.2, 0.25) is 5.91 Å². The van der Waals surface area contributed by atoms with Crippen molar-refractivity contribution in [3.05, 3.63) is 41.7 Å². The predicted molar refractivity (Wildman–Crippen MR) is 123 cm³/mol. The van der Waals surface area contributed by atoms with Crippen LogP contribution in [0.2, 0.25) is 0 Å². The second kappa shape index (κ2) is 9.09. The Morgan fingerprint density at radius 3 is 2.81 bits per heavy atom. The first kappa shape index (κ1) is 20.6. The van der Waals surface area contributed by atoms with Crippen molar-refractivity contribution in [2.45, 2.75) is 69.9 Å². The molecule has 0 radical (unpaired) electrons. The van der Waals surface area contributed by atoms with E-state index in [0.29, 0.717) is 0 Å². The number of para-hydroxylation sites is 2. The Balaban J connectivity index is 1.33. The first-order chi connectivity index (χ1) is 15.2. The quantitative estimate of drug-likeness (QED) is 0.547. The van der Waals surface area contributed by atoms with Gasteiger partial charge in [-0.05, 0) is 51.3 Å². The van der Waals surface area contributed by atoms with Crippen LogP contribution < -0.4 is 4.90 Å². The Hall–Kier alpha value is -2.25. The molecule has 1 amide bonds. The van der Waals surface area contributed by atoms with E-state index in [4.69, 9.17) is 9.40 Å². The van der Waals surface area contributed by atoms with Crippen LogP contribution in [0.5, 0.6) is 0 Å². The molecule has 2 fully saturated rings. The molecular formula is C24H30N4O2S. The highest BCUT2D eigenvalue weighted by molar-refractivity contribution is 7.13. The van der Waals surface area contributed by atoms with Gasteiger partial charge < -0.3 is 4.42 Å². The van der Waals surface area contributed by atoms with Crippen molar-refractivity contribution in [1.82, 2.24) is 14.9 Å². The Bertz CT molecular complexity index is 979. The summed E-state index contributed by atoms with van der Waals surface area (Å²) in [4.78, 5) is 27.3. The van der Waals surface area contributed by atoms with Crippen LogP contribution in [0.4, 0.5) is 5.13 Å². The van der Waals surface area contributed by atoms with Gasteiger partial charge in [-0.25, -0.2) is 9.97 Å². The Kier molecular flexibility index (Phi) is 6.05. The number of fused-ring (bicyclic) bond motifs is 1. The molecule has 164 valence electrons. The molecule has 3 heterocycles. The fraction of sp³-hybridized carbons (Fsp3) is 0.542. The molecule has 31 heavy (non-hydrogen) atoms. The molecular weight excluding hydrogens is 408 g/mol. The van der Waals surface area contributed by atoms with Crippen LogP contribution in [0, 0.1) is 0 Å². The third-order valence-corrected chi connectivity index (χ3v) is 7.59. The number of oxazole rings is 1. The van der Waals surface area contributed by atoms with Gasteiger partial charge in [0.25, 0.3) is 0 Å². The summed E-state index contributed by atoms with van der Waals surface area (Å²) in [5, 5.41) is 2.81. The minimum Gasteiger partial charge on any atom is -0.440 e. The number of rotatable bonds is 5. The van der Waals surface area contributed by atoms with E-state index in [-0.39, 0.29) is 23.9 Å². The summed E-state index contributed by atoms with van der Waals surface area (Å²) in [6.45, 7) is 3.79. The molecule has 1 aromatic carbocycles. The number of hydrogen-bond donors (Lipinski definition) is 0. The summed E-state index contributed by atoms with van der Waals surface area (Å²) in [5.74, 6) is 1.20. The van der Waals surface area contributed by atoms with Crippen LogP contribution in [0.1, 0.15) is 63.7 Å². The van der Waals surface area contributed by atoms with E-state index in [9.17, 15) is 4.79 Å². The number of carbonyl (C=O) groups excluding carboxylic acids is 1. The van der Waals surface area contributed by atoms with Gasteiger partial charge >= 0.3 is 0 Å². The summed E-state index contributed by atoms with van der Waals surface area (Å²) in [5.41, 5.74) is 1.75. The number of likely N-dealkylation sites (tertiary alicyclic amines) is 1. The summed E-state index contributed by atoms with van der Waals surface area (Å²) in [7, 11) is 0. The molecule has 1 aliphatic heterocycles. The number of anilines is 1. The summed E-state index contributed by atoms with van der Waals surface area (Å²) in [6, 6.07) is 8.01. The molecule has 0 bridgehead atoms. The topological polar surface area (TPSA) is 62.5 Å².